The van der Waals surface area contributed by atoms with Crippen LogP contribution in [0.4, 0.5) is 20.3 Å². The van der Waals surface area contributed by atoms with Crippen LogP contribution in [0, 0.1) is 5.92 Å². The van der Waals surface area contributed by atoms with E-state index in [1.807, 2.05) is 11.8 Å². The van der Waals surface area contributed by atoms with Crippen LogP contribution < -0.4 is 15.0 Å². The SMILES string of the molecule is C[C@@H]1CN(c2ncc(C(=O)Nc3ccc(OC(F)(F)Cl)cc3)cc2-c2cncnc2)C[C@@H]1O. The van der Waals surface area contributed by atoms with Gasteiger partial charge in [-0.3, -0.25) is 4.79 Å². The fourth-order valence-electron chi connectivity index (χ4n) is 3.55. The van der Waals surface area contributed by atoms with Crippen molar-refractivity contribution in [2.45, 2.75) is 18.6 Å². The van der Waals surface area contributed by atoms with Gasteiger partial charge in [0.05, 0.1) is 11.7 Å². The van der Waals surface area contributed by atoms with Crippen LogP contribution in [-0.2, 0) is 0 Å². The minimum atomic E-state index is -3.82. The first-order chi connectivity index (χ1) is 15.7. The van der Waals surface area contributed by atoms with E-state index >= 15 is 0 Å². The number of halogens is 3. The number of amides is 1. The molecule has 3 heterocycles. The van der Waals surface area contributed by atoms with Crippen molar-refractivity contribution in [3.63, 3.8) is 0 Å². The summed E-state index contributed by atoms with van der Waals surface area (Å²) in [6.45, 7) is 3.01. The Hall–Kier alpha value is -3.37. The lowest BCUT2D eigenvalue weighted by molar-refractivity contribution is -0.0964. The molecule has 1 fully saturated rings. The van der Waals surface area contributed by atoms with E-state index in [0.717, 1.165) is 0 Å². The third-order valence-electron chi connectivity index (χ3n) is 5.22. The van der Waals surface area contributed by atoms with Crippen LogP contribution >= 0.6 is 11.6 Å². The van der Waals surface area contributed by atoms with Gasteiger partial charge in [-0.25, -0.2) is 15.0 Å². The van der Waals surface area contributed by atoms with Gasteiger partial charge in [-0.15, -0.1) is 8.78 Å². The Morgan fingerprint density at radius 2 is 1.91 bits per heavy atom. The predicted molar refractivity (Wildman–Crippen MR) is 118 cm³/mol. The van der Waals surface area contributed by atoms with E-state index in [9.17, 15) is 18.7 Å². The number of benzene rings is 1. The van der Waals surface area contributed by atoms with Crippen LogP contribution in [0.25, 0.3) is 11.1 Å². The molecular formula is C22H20ClF2N5O3. The van der Waals surface area contributed by atoms with E-state index in [-0.39, 0.29) is 17.2 Å². The van der Waals surface area contributed by atoms with Crippen LogP contribution in [0.5, 0.6) is 5.75 Å². The van der Waals surface area contributed by atoms with Crippen molar-refractivity contribution in [2.75, 3.05) is 23.3 Å². The number of alkyl halides is 3. The molecule has 2 aromatic heterocycles. The third-order valence-corrected chi connectivity index (χ3v) is 5.30. The van der Waals surface area contributed by atoms with Crippen LogP contribution in [0.2, 0.25) is 0 Å². The predicted octanol–water partition coefficient (Wildman–Crippen LogP) is 3.78. The van der Waals surface area contributed by atoms with Gasteiger partial charge in [0.1, 0.15) is 17.9 Å². The molecular weight excluding hydrogens is 456 g/mol. The smallest absolute Gasteiger partial charge is 0.420 e. The van der Waals surface area contributed by atoms with Gasteiger partial charge >= 0.3 is 5.57 Å². The Morgan fingerprint density at radius 1 is 1.21 bits per heavy atom. The molecule has 1 aromatic carbocycles. The van der Waals surface area contributed by atoms with E-state index in [1.165, 1.54) is 36.8 Å². The van der Waals surface area contributed by atoms with Crippen LogP contribution in [0.1, 0.15) is 17.3 Å². The molecule has 4 rings (SSSR count). The van der Waals surface area contributed by atoms with Gasteiger partial charge in [0.25, 0.3) is 5.91 Å². The quantitative estimate of drug-likeness (QED) is 0.523. The summed E-state index contributed by atoms with van der Waals surface area (Å²) in [6, 6.07) is 7.03. The monoisotopic (exact) mass is 475 g/mol. The molecule has 1 saturated heterocycles. The number of β-amino-alcohol motifs (C(OH)–C–C–N with tert-alkyl or cyclic N) is 1. The van der Waals surface area contributed by atoms with E-state index in [1.54, 1.807) is 18.5 Å². The fourth-order valence-corrected chi connectivity index (χ4v) is 3.64. The van der Waals surface area contributed by atoms with Crippen molar-refractivity contribution < 1.29 is 23.4 Å². The standard InChI is InChI=1S/C22H20ClF2N5O3/c1-13-10-30(11-19(13)31)20-18(15-7-26-12-27-8-15)6-14(9-28-20)21(32)29-16-2-4-17(5-3-16)33-22(23,24)25/h2-9,12-13,19,31H,10-11H2,1H3,(H,29,32)/t13-,19+/m1/s1. The minimum Gasteiger partial charge on any atom is -0.420 e. The topological polar surface area (TPSA) is 100 Å². The molecule has 1 aliphatic rings. The Kier molecular flexibility index (Phi) is 6.39. The zero-order chi connectivity index (χ0) is 23.6. The summed E-state index contributed by atoms with van der Waals surface area (Å²) in [7, 11) is 0. The molecule has 172 valence electrons. The lowest BCUT2D eigenvalue weighted by atomic mass is 10.1. The molecule has 33 heavy (non-hydrogen) atoms. The van der Waals surface area contributed by atoms with E-state index in [2.05, 4.69) is 25.0 Å². The molecule has 2 atom stereocenters. The number of rotatable bonds is 6. The van der Waals surface area contributed by atoms with E-state index in [4.69, 9.17) is 11.6 Å². The van der Waals surface area contributed by atoms with E-state index in [0.29, 0.717) is 35.7 Å². The molecule has 0 spiro atoms. The summed E-state index contributed by atoms with van der Waals surface area (Å²) in [5.41, 5.74) is -1.85. The van der Waals surface area contributed by atoms with Crippen LogP contribution in [0.3, 0.4) is 0 Å². The first kappa shape index (κ1) is 22.8. The van der Waals surface area contributed by atoms with Crippen molar-refractivity contribution >= 4 is 29.0 Å². The maximum atomic E-state index is 12.8. The van der Waals surface area contributed by atoms with E-state index < -0.39 is 17.6 Å². The number of ether oxygens (including phenoxy) is 1. The first-order valence-corrected chi connectivity index (χ1v) is 10.4. The third kappa shape index (κ3) is 5.52. The van der Waals surface area contributed by atoms with Crippen molar-refractivity contribution in [3.8, 4) is 16.9 Å². The maximum Gasteiger partial charge on any atom is 0.487 e. The second kappa shape index (κ2) is 9.24. The van der Waals surface area contributed by atoms with Gasteiger partial charge in [-0.1, -0.05) is 6.92 Å². The summed E-state index contributed by atoms with van der Waals surface area (Å²) in [5, 5.41) is 12.9. The number of nitrogens with one attached hydrogen (secondary N) is 1. The van der Waals surface area contributed by atoms with Gasteiger partial charge in [-0.2, -0.15) is 0 Å². The fraction of sp³-hybridized carbons (Fsp3) is 0.273. The second-order valence-electron chi connectivity index (χ2n) is 7.70. The lowest BCUT2D eigenvalue weighted by Gasteiger charge is -2.21. The van der Waals surface area contributed by atoms with Gasteiger partial charge in [0.15, 0.2) is 0 Å². The number of hydrogen-bond donors (Lipinski definition) is 2. The highest BCUT2D eigenvalue weighted by Crippen LogP contribution is 2.33. The normalized spacial score (nSPS) is 18.3. The Morgan fingerprint density at radius 3 is 2.52 bits per heavy atom. The summed E-state index contributed by atoms with van der Waals surface area (Å²) < 4.78 is 29.8. The average Bonchev–Trinajstić information content (AvgIpc) is 3.12. The molecule has 0 radical (unpaired) electrons. The Balaban J connectivity index is 1.58. The van der Waals surface area contributed by atoms with Gasteiger partial charge < -0.3 is 20.1 Å². The molecule has 0 aliphatic carbocycles. The van der Waals surface area contributed by atoms with Gasteiger partial charge in [0, 0.05) is 66.0 Å². The Labute approximate surface area is 193 Å². The number of anilines is 2. The average molecular weight is 476 g/mol. The highest BCUT2D eigenvalue weighted by atomic mass is 35.5. The van der Waals surface area contributed by atoms with Crippen LogP contribution in [0.15, 0.2) is 55.2 Å². The molecule has 0 unspecified atom stereocenters. The number of aromatic nitrogens is 3. The highest BCUT2D eigenvalue weighted by Gasteiger charge is 2.30. The van der Waals surface area contributed by atoms with Gasteiger partial charge in [0.2, 0.25) is 0 Å². The van der Waals surface area contributed by atoms with Crippen LogP contribution in [-0.4, -0.2) is 50.7 Å². The number of aliphatic hydroxyl groups is 1. The number of aliphatic hydroxyl groups excluding tert-OH is 1. The summed E-state index contributed by atoms with van der Waals surface area (Å²) in [5.74, 6) is 0.110. The van der Waals surface area contributed by atoms with Crippen molar-refractivity contribution in [3.05, 3.63) is 60.8 Å². The highest BCUT2D eigenvalue weighted by molar-refractivity contribution is 6.20. The minimum absolute atomic E-state index is 0.0837. The lowest BCUT2D eigenvalue weighted by Crippen LogP contribution is -2.23. The molecule has 0 bridgehead atoms. The zero-order valence-corrected chi connectivity index (χ0v) is 18.2. The van der Waals surface area contributed by atoms with Crippen molar-refractivity contribution in [1.82, 2.24) is 15.0 Å². The number of nitrogens with zero attached hydrogens (tertiary/aromatic N) is 4. The number of carbonyl (C=O) groups is 1. The molecule has 3 aromatic rings. The summed E-state index contributed by atoms with van der Waals surface area (Å²) in [4.78, 5) is 27.4. The molecule has 1 aliphatic heterocycles. The second-order valence-corrected chi connectivity index (χ2v) is 8.14. The largest absolute Gasteiger partial charge is 0.487 e. The number of carbonyl (C=O) groups excluding carboxylic acids is 1. The maximum absolute atomic E-state index is 12.8. The zero-order valence-electron chi connectivity index (χ0n) is 17.5. The molecule has 2 N–H and O–H groups in total. The molecule has 0 saturated carbocycles. The van der Waals surface area contributed by atoms with Crippen molar-refractivity contribution in [2.24, 2.45) is 5.92 Å². The summed E-state index contributed by atoms with van der Waals surface area (Å²) in [6.07, 6.45) is 5.62. The molecule has 8 nitrogen and oxygen atoms in total. The number of pyridine rings is 1. The molecule has 11 heteroatoms. The first-order valence-electron chi connectivity index (χ1n) is 10.1. The summed E-state index contributed by atoms with van der Waals surface area (Å²) >= 11 is 4.75. The van der Waals surface area contributed by atoms with Gasteiger partial charge in [-0.05, 0) is 30.3 Å². The van der Waals surface area contributed by atoms with Crippen molar-refractivity contribution in [1.29, 1.82) is 0 Å². The molecule has 1 amide bonds. The number of hydrogen-bond acceptors (Lipinski definition) is 7. The Bertz CT molecular complexity index is 1120.